The SMILES string of the molecule is CC1(CNCC(C)(O)c2ccccc2)CCCO1. The molecule has 0 radical (unpaired) electrons. The van der Waals surface area contributed by atoms with Crippen molar-refractivity contribution in [1.29, 1.82) is 0 Å². The Hall–Kier alpha value is -0.900. The predicted octanol–water partition coefficient (Wildman–Crippen LogP) is 2.05. The van der Waals surface area contributed by atoms with Gasteiger partial charge in [-0.05, 0) is 32.3 Å². The zero-order valence-electron chi connectivity index (χ0n) is 11.3. The Morgan fingerprint density at radius 2 is 2.11 bits per heavy atom. The summed E-state index contributed by atoms with van der Waals surface area (Å²) in [6.07, 6.45) is 2.22. The van der Waals surface area contributed by atoms with E-state index in [-0.39, 0.29) is 5.60 Å². The molecule has 1 aliphatic rings. The molecule has 0 amide bonds. The molecule has 3 nitrogen and oxygen atoms in total. The molecule has 2 N–H and O–H groups in total. The topological polar surface area (TPSA) is 41.5 Å². The van der Waals surface area contributed by atoms with Crippen LogP contribution in [0.5, 0.6) is 0 Å². The number of hydrogen-bond donors (Lipinski definition) is 2. The van der Waals surface area contributed by atoms with Crippen molar-refractivity contribution in [2.24, 2.45) is 0 Å². The first-order valence-electron chi connectivity index (χ1n) is 6.64. The second-order valence-electron chi connectivity index (χ2n) is 5.65. The molecule has 0 aromatic heterocycles. The normalized spacial score (nSPS) is 27.1. The van der Waals surface area contributed by atoms with Crippen molar-refractivity contribution in [3.63, 3.8) is 0 Å². The van der Waals surface area contributed by atoms with Gasteiger partial charge in [0.25, 0.3) is 0 Å². The van der Waals surface area contributed by atoms with E-state index in [4.69, 9.17) is 4.74 Å². The summed E-state index contributed by atoms with van der Waals surface area (Å²) in [5.74, 6) is 0. The van der Waals surface area contributed by atoms with Crippen LogP contribution in [-0.4, -0.2) is 30.4 Å². The van der Waals surface area contributed by atoms with E-state index in [1.54, 1.807) is 0 Å². The van der Waals surface area contributed by atoms with E-state index < -0.39 is 5.60 Å². The van der Waals surface area contributed by atoms with Crippen LogP contribution in [0.4, 0.5) is 0 Å². The molecule has 1 fully saturated rings. The lowest BCUT2D eigenvalue weighted by Gasteiger charge is -2.28. The predicted molar refractivity (Wildman–Crippen MR) is 72.5 cm³/mol. The second kappa shape index (κ2) is 5.39. The lowest BCUT2D eigenvalue weighted by atomic mass is 9.95. The summed E-state index contributed by atoms with van der Waals surface area (Å²) in [5, 5.41) is 13.8. The summed E-state index contributed by atoms with van der Waals surface area (Å²) in [6, 6.07) is 9.77. The molecular weight excluding hydrogens is 226 g/mol. The maximum atomic E-state index is 10.4. The van der Waals surface area contributed by atoms with Crippen molar-refractivity contribution >= 4 is 0 Å². The molecule has 3 heteroatoms. The summed E-state index contributed by atoms with van der Waals surface area (Å²) in [7, 11) is 0. The maximum absolute atomic E-state index is 10.4. The van der Waals surface area contributed by atoms with Crippen LogP contribution >= 0.6 is 0 Å². The largest absolute Gasteiger partial charge is 0.384 e. The first kappa shape index (κ1) is 13.5. The molecule has 0 aliphatic carbocycles. The van der Waals surface area contributed by atoms with Gasteiger partial charge in [0.05, 0.1) is 11.2 Å². The highest BCUT2D eigenvalue weighted by Crippen LogP contribution is 2.25. The van der Waals surface area contributed by atoms with E-state index >= 15 is 0 Å². The Bertz CT molecular complexity index is 369. The molecule has 18 heavy (non-hydrogen) atoms. The van der Waals surface area contributed by atoms with Crippen molar-refractivity contribution in [1.82, 2.24) is 5.32 Å². The summed E-state index contributed by atoms with van der Waals surface area (Å²) in [6.45, 7) is 6.15. The van der Waals surface area contributed by atoms with Crippen LogP contribution in [-0.2, 0) is 10.3 Å². The van der Waals surface area contributed by atoms with Crippen LogP contribution < -0.4 is 5.32 Å². The molecular formula is C15H23NO2. The Morgan fingerprint density at radius 3 is 2.72 bits per heavy atom. The monoisotopic (exact) mass is 249 g/mol. The molecule has 0 bridgehead atoms. The molecule has 2 unspecified atom stereocenters. The van der Waals surface area contributed by atoms with Gasteiger partial charge in [0.1, 0.15) is 0 Å². The van der Waals surface area contributed by atoms with Crippen molar-refractivity contribution in [2.75, 3.05) is 19.7 Å². The first-order valence-corrected chi connectivity index (χ1v) is 6.64. The molecule has 0 spiro atoms. The fourth-order valence-electron chi connectivity index (χ4n) is 2.45. The highest BCUT2D eigenvalue weighted by molar-refractivity contribution is 5.21. The van der Waals surface area contributed by atoms with Crippen LogP contribution in [0.3, 0.4) is 0 Å². The van der Waals surface area contributed by atoms with E-state index in [0.717, 1.165) is 31.6 Å². The highest BCUT2D eigenvalue weighted by Gasteiger charge is 2.30. The molecule has 0 saturated carbocycles. The van der Waals surface area contributed by atoms with Crippen molar-refractivity contribution in [3.8, 4) is 0 Å². The van der Waals surface area contributed by atoms with Gasteiger partial charge in [0.2, 0.25) is 0 Å². The number of hydrogen-bond acceptors (Lipinski definition) is 3. The summed E-state index contributed by atoms with van der Waals surface area (Å²) in [4.78, 5) is 0. The van der Waals surface area contributed by atoms with Gasteiger partial charge in [-0.1, -0.05) is 30.3 Å². The van der Waals surface area contributed by atoms with Gasteiger partial charge >= 0.3 is 0 Å². The summed E-state index contributed by atoms with van der Waals surface area (Å²) in [5.41, 5.74) is 0.0400. The van der Waals surface area contributed by atoms with Crippen LogP contribution in [0.25, 0.3) is 0 Å². The molecule has 2 atom stereocenters. The van der Waals surface area contributed by atoms with E-state index in [1.807, 2.05) is 37.3 Å². The molecule has 2 rings (SSSR count). The number of benzene rings is 1. The first-order chi connectivity index (χ1) is 8.52. The van der Waals surface area contributed by atoms with Gasteiger partial charge in [-0.15, -0.1) is 0 Å². The van der Waals surface area contributed by atoms with E-state index in [9.17, 15) is 5.11 Å². The van der Waals surface area contributed by atoms with Crippen molar-refractivity contribution in [2.45, 2.75) is 37.9 Å². The highest BCUT2D eigenvalue weighted by atomic mass is 16.5. The lowest BCUT2D eigenvalue weighted by Crippen LogP contribution is -2.43. The van der Waals surface area contributed by atoms with Gasteiger partial charge in [0, 0.05) is 19.7 Å². The fraction of sp³-hybridized carbons (Fsp3) is 0.600. The Balaban J connectivity index is 1.86. The molecule has 1 aromatic rings. The van der Waals surface area contributed by atoms with Gasteiger partial charge in [-0.25, -0.2) is 0 Å². The van der Waals surface area contributed by atoms with Crippen LogP contribution in [0.15, 0.2) is 30.3 Å². The molecule has 1 heterocycles. The van der Waals surface area contributed by atoms with Crippen LogP contribution in [0, 0.1) is 0 Å². The van der Waals surface area contributed by atoms with Gasteiger partial charge in [-0.2, -0.15) is 0 Å². The van der Waals surface area contributed by atoms with Crippen LogP contribution in [0.1, 0.15) is 32.3 Å². The minimum Gasteiger partial charge on any atom is -0.384 e. The fourth-order valence-corrected chi connectivity index (χ4v) is 2.45. The van der Waals surface area contributed by atoms with Gasteiger partial charge in [0.15, 0.2) is 0 Å². The summed E-state index contributed by atoms with van der Waals surface area (Å²) < 4.78 is 5.72. The Labute approximate surface area is 109 Å². The van der Waals surface area contributed by atoms with Crippen molar-refractivity contribution in [3.05, 3.63) is 35.9 Å². The van der Waals surface area contributed by atoms with Gasteiger partial charge in [-0.3, -0.25) is 0 Å². The zero-order valence-corrected chi connectivity index (χ0v) is 11.3. The average Bonchev–Trinajstić information content (AvgIpc) is 2.77. The third-order valence-electron chi connectivity index (χ3n) is 3.66. The number of rotatable bonds is 5. The van der Waals surface area contributed by atoms with Crippen molar-refractivity contribution < 1.29 is 9.84 Å². The number of aliphatic hydroxyl groups is 1. The number of nitrogens with one attached hydrogen (secondary N) is 1. The lowest BCUT2D eigenvalue weighted by molar-refractivity contribution is 0.00941. The van der Waals surface area contributed by atoms with E-state index in [0.29, 0.717) is 6.54 Å². The smallest absolute Gasteiger partial charge is 0.0992 e. The second-order valence-corrected chi connectivity index (χ2v) is 5.65. The standard InChI is InChI=1S/C15H23NO2/c1-14(9-6-10-18-14)11-16-12-15(2,17)13-7-4-3-5-8-13/h3-5,7-8,16-17H,6,9-12H2,1-2H3. The Kier molecular flexibility index (Phi) is 4.05. The summed E-state index contributed by atoms with van der Waals surface area (Å²) >= 11 is 0. The van der Waals surface area contributed by atoms with Crippen LogP contribution in [0.2, 0.25) is 0 Å². The molecule has 1 aromatic carbocycles. The molecule has 100 valence electrons. The molecule has 1 saturated heterocycles. The minimum atomic E-state index is -0.837. The molecule has 1 aliphatic heterocycles. The average molecular weight is 249 g/mol. The van der Waals surface area contributed by atoms with E-state index in [2.05, 4.69) is 12.2 Å². The number of ether oxygens (including phenoxy) is 1. The Morgan fingerprint density at radius 1 is 1.39 bits per heavy atom. The van der Waals surface area contributed by atoms with E-state index in [1.165, 1.54) is 0 Å². The van der Waals surface area contributed by atoms with Gasteiger partial charge < -0.3 is 15.2 Å². The third kappa shape index (κ3) is 3.31. The third-order valence-corrected chi connectivity index (χ3v) is 3.66. The zero-order chi connectivity index (χ0) is 13.1. The quantitative estimate of drug-likeness (QED) is 0.839. The maximum Gasteiger partial charge on any atom is 0.0992 e. The minimum absolute atomic E-state index is 0.0627.